The summed E-state index contributed by atoms with van der Waals surface area (Å²) >= 11 is 0. The van der Waals surface area contributed by atoms with E-state index in [2.05, 4.69) is 22.2 Å². The maximum atomic E-state index is 12.3. The largest absolute Gasteiger partial charge is 0.492 e. The molecule has 2 aromatic rings. The Morgan fingerprint density at radius 3 is 2.72 bits per heavy atom. The van der Waals surface area contributed by atoms with Crippen LogP contribution in [0.4, 0.5) is 5.69 Å². The maximum absolute atomic E-state index is 12.3. The first-order chi connectivity index (χ1) is 12.0. The highest BCUT2D eigenvalue weighted by atomic mass is 16.5. The van der Waals surface area contributed by atoms with Crippen LogP contribution in [0.1, 0.15) is 29.4 Å². The van der Waals surface area contributed by atoms with Crippen molar-refractivity contribution in [2.75, 3.05) is 31.6 Å². The number of benzene rings is 1. The topological polar surface area (TPSA) is 59.4 Å². The summed E-state index contributed by atoms with van der Waals surface area (Å²) in [6, 6.07) is 7.49. The molecule has 1 N–H and O–H groups in total. The summed E-state index contributed by atoms with van der Waals surface area (Å²) < 4.78 is 7.49. The van der Waals surface area contributed by atoms with Crippen LogP contribution >= 0.6 is 0 Å². The highest BCUT2D eigenvalue weighted by Gasteiger charge is 2.18. The maximum Gasteiger partial charge on any atom is 0.259 e. The Labute approximate surface area is 148 Å². The number of nitrogens with zero attached hydrogens (tertiary/aromatic N) is 3. The molecular formula is C19H26N4O2. The first-order valence-electron chi connectivity index (χ1n) is 8.78. The molecule has 0 radical (unpaired) electrons. The quantitative estimate of drug-likeness (QED) is 0.877. The minimum Gasteiger partial charge on any atom is -0.492 e. The molecule has 1 amide bonds. The third-order valence-electron chi connectivity index (χ3n) is 4.78. The van der Waals surface area contributed by atoms with Crippen LogP contribution in [0, 0.1) is 12.8 Å². The van der Waals surface area contributed by atoms with Crippen LogP contribution in [-0.4, -0.2) is 46.8 Å². The average Bonchev–Trinajstić information content (AvgIpc) is 3.15. The summed E-state index contributed by atoms with van der Waals surface area (Å²) in [5.74, 6) is 1.47. The van der Waals surface area contributed by atoms with E-state index in [4.69, 9.17) is 4.74 Å². The van der Waals surface area contributed by atoms with E-state index in [1.54, 1.807) is 10.9 Å². The second-order valence-corrected chi connectivity index (χ2v) is 6.79. The first-order valence-corrected chi connectivity index (χ1v) is 8.78. The van der Waals surface area contributed by atoms with E-state index in [0.717, 1.165) is 29.6 Å². The second kappa shape index (κ2) is 7.70. The Balaban J connectivity index is 1.48. The lowest BCUT2D eigenvalue weighted by atomic mass is 10.2. The molecule has 1 saturated heterocycles. The predicted octanol–water partition coefficient (Wildman–Crippen LogP) is 2.70. The van der Waals surface area contributed by atoms with Gasteiger partial charge in [0.05, 0.1) is 11.8 Å². The number of hydrogen-bond acceptors (Lipinski definition) is 4. The molecule has 1 aliphatic rings. The third kappa shape index (κ3) is 4.39. The van der Waals surface area contributed by atoms with Crippen LogP contribution < -0.4 is 10.1 Å². The summed E-state index contributed by atoms with van der Waals surface area (Å²) in [6.45, 7) is 8.16. The molecule has 25 heavy (non-hydrogen) atoms. The van der Waals surface area contributed by atoms with E-state index in [1.807, 2.05) is 38.2 Å². The van der Waals surface area contributed by atoms with Crippen LogP contribution in [-0.2, 0) is 7.05 Å². The molecule has 1 aromatic heterocycles. The molecule has 1 aromatic carbocycles. The zero-order valence-corrected chi connectivity index (χ0v) is 15.2. The molecule has 6 nitrogen and oxygen atoms in total. The van der Waals surface area contributed by atoms with E-state index >= 15 is 0 Å². The van der Waals surface area contributed by atoms with Crippen LogP contribution in [0.2, 0.25) is 0 Å². The van der Waals surface area contributed by atoms with E-state index in [1.165, 1.54) is 19.5 Å². The minimum absolute atomic E-state index is 0.151. The smallest absolute Gasteiger partial charge is 0.259 e. The molecule has 1 aliphatic heterocycles. The summed E-state index contributed by atoms with van der Waals surface area (Å²) in [5.41, 5.74) is 2.17. The normalized spacial score (nSPS) is 17.6. The molecule has 0 spiro atoms. The molecule has 3 rings (SSSR count). The van der Waals surface area contributed by atoms with E-state index in [9.17, 15) is 4.79 Å². The highest BCUT2D eigenvalue weighted by Crippen LogP contribution is 2.18. The van der Waals surface area contributed by atoms with Gasteiger partial charge in [-0.1, -0.05) is 6.92 Å². The van der Waals surface area contributed by atoms with Gasteiger partial charge in [0.25, 0.3) is 5.91 Å². The van der Waals surface area contributed by atoms with Gasteiger partial charge in [0.2, 0.25) is 0 Å². The Hall–Kier alpha value is -2.34. The van der Waals surface area contributed by atoms with Crippen molar-refractivity contribution in [3.8, 4) is 5.75 Å². The van der Waals surface area contributed by atoms with Gasteiger partial charge < -0.3 is 10.1 Å². The van der Waals surface area contributed by atoms with E-state index in [-0.39, 0.29) is 5.91 Å². The summed E-state index contributed by atoms with van der Waals surface area (Å²) in [5, 5.41) is 6.99. The number of hydrogen-bond donors (Lipinski definition) is 1. The summed E-state index contributed by atoms with van der Waals surface area (Å²) in [6.07, 6.45) is 2.87. The molecule has 0 bridgehead atoms. The van der Waals surface area contributed by atoms with Crippen molar-refractivity contribution in [3.63, 3.8) is 0 Å². The van der Waals surface area contributed by atoms with Gasteiger partial charge in [0.1, 0.15) is 12.4 Å². The predicted molar refractivity (Wildman–Crippen MR) is 98.1 cm³/mol. The molecule has 134 valence electrons. The van der Waals surface area contributed by atoms with Crippen LogP contribution in [0.3, 0.4) is 0 Å². The van der Waals surface area contributed by atoms with E-state index in [0.29, 0.717) is 12.2 Å². The number of ether oxygens (including phenoxy) is 1. The molecule has 1 fully saturated rings. The van der Waals surface area contributed by atoms with Crippen molar-refractivity contribution in [1.29, 1.82) is 0 Å². The molecule has 0 aliphatic carbocycles. The van der Waals surface area contributed by atoms with Gasteiger partial charge in [-0.3, -0.25) is 14.4 Å². The third-order valence-corrected chi connectivity index (χ3v) is 4.78. The highest BCUT2D eigenvalue weighted by molar-refractivity contribution is 6.04. The fourth-order valence-electron chi connectivity index (χ4n) is 3.08. The number of aromatic nitrogens is 2. The summed E-state index contributed by atoms with van der Waals surface area (Å²) in [7, 11) is 1.82. The fourth-order valence-corrected chi connectivity index (χ4v) is 3.08. The lowest BCUT2D eigenvalue weighted by Gasteiger charge is -2.15. The standard InChI is InChI=1S/C19H26N4O2/c1-14-8-9-23(13-14)10-11-25-17-6-4-16(5-7-17)21-19(24)18-12-20-22(3)15(18)2/h4-7,12,14H,8-11,13H2,1-3H3,(H,21,24)/t14-/m0/s1. The lowest BCUT2D eigenvalue weighted by molar-refractivity contribution is 0.102. The van der Waals surface area contributed by atoms with Gasteiger partial charge in [-0.25, -0.2) is 0 Å². The Kier molecular flexibility index (Phi) is 5.38. The number of aryl methyl sites for hydroxylation is 1. The van der Waals surface area contributed by atoms with Gasteiger partial charge in [-0.05, 0) is 50.1 Å². The Morgan fingerprint density at radius 2 is 2.12 bits per heavy atom. The lowest BCUT2D eigenvalue weighted by Crippen LogP contribution is -2.25. The van der Waals surface area contributed by atoms with Gasteiger partial charge in [0, 0.05) is 31.5 Å². The van der Waals surface area contributed by atoms with Crippen molar-refractivity contribution in [1.82, 2.24) is 14.7 Å². The summed E-state index contributed by atoms with van der Waals surface area (Å²) in [4.78, 5) is 14.7. The minimum atomic E-state index is -0.151. The number of likely N-dealkylation sites (tertiary alicyclic amines) is 1. The van der Waals surface area contributed by atoms with Crippen molar-refractivity contribution in [3.05, 3.63) is 41.7 Å². The van der Waals surface area contributed by atoms with Crippen molar-refractivity contribution >= 4 is 11.6 Å². The zero-order chi connectivity index (χ0) is 17.8. The van der Waals surface area contributed by atoms with Gasteiger partial charge in [-0.2, -0.15) is 5.10 Å². The molecular weight excluding hydrogens is 316 g/mol. The molecule has 0 saturated carbocycles. The number of nitrogens with one attached hydrogen (secondary N) is 1. The van der Waals surface area contributed by atoms with Gasteiger partial charge in [0.15, 0.2) is 0 Å². The van der Waals surface area contributed by atoms with Crippen LogP contribution in [0.5, 0.6) is 5.75 Å². The number of carbonyl (C=O) groups excluding carboxylic acids is 1. The van der Waals surface area contributed by atoms with E-state index < -0.39 is 0 Å². The Morgan fingerprint density at radius 1 is 1.36 bits per heavy atom. The Bertz CT molecular complexity index is 724. The average molecular weight is 342 g/mol. The van der Waals surface area contributed by atoms with Crippen LogP contribution in [0.25, 0.3) is 0 Å². The van der Waals surface area contributed by atoms with Crippen molar-refractivity contribution in [2.24, 2.45) is 13.0 Å². The number of amides is 1. The monoisotopic (exact) mass is 342 g/mol. The molecule has 1 atom stereocenters. The molecule has 0 unspecified atom stereocenters. The van der Waals surface area contributed by atoms with Gasteiger partial charge in [-0.15, -0.1) is 0 Å². The molecule has 2 heterocycles. The second-order valence-electron chi connectivity index (χ2n) is 6.79. The number of rotatable bonds is 6. The van der Waals surface area contributed by atoms with Crippen molar-refractivity contribution in [2.45, 2.75) is 20.3 Å². The zero-order valence-electron chi connectivity index (χ0n) is 15.2. The number of anilines is 1. The van der Waals surface area contributed by atoms with Crippen molar-refractivity contribution < 1.29 is 9.53 Å². The van der Waals surface area contributed by atoms with Crippen LogP contribution in [0.15, 0.2) is 30.5 Å². The molecule has 6 heteroatoms. The van der Waals surface area contributed by atoms with Gasteiger partial charge >= 0.3 is 0 Å². The number of carbonyl (C=O) groups is 1. The fraction of sp³-hybridized carbons (Fsp3) is 0.474. The first kappa shape index (κ1) is 17.5. The SMILES string of the molecule is Cc1c(C(=O)Nc2ccc(OCCN3CC[C@H](C)C3)cc2)cnn1C.